The van der Waals surface area contributed by atoms with Crippen molar-refractivity contribution in [2.75, 3.05) is 17.3 Å². The lowest BCUT2D eigenvalue weighted by Crippen LogP contribution is -2.21. The highest BCUT2D eigenvalue weighted by molar-refractivity contribution is 5.66. The van der Waals surface area contributed by atoms with Crippen molar-refractivity contribution in [1.82, 2.24) is 20.6 Å². The first kappa shape index (κ1) is 25.5. The summed E-state index contributed by atoms with van der Waals surface area (Å²) in [4.78, 5) is 11.1. The molecule has 1 atom stereocenters. The van der Waals surface area contributed by atoms with Gasteiger partial charge in [0.2, 0.25) is 5.95 Å². The van der Waals surface area contributed by atoms with Crippen LogP contribution in [0.1, 0.15) is 41.6 Å². The molecule has 1 aliphatic heterocycles. The number of benzene rings is 2. The van der Waals surface area contributed by atoms with Gasteiger partial charge in [0.1, 0.15) is 5.82 Å². The Morgan fingerprint density at radius 2 is 1.86 bits per heavy atom. The molecule has 6 nitrogen and oxygen atoms in total. The molecule has 0 fully saturated rings. The molecule has 0 spiro atoms. The van der Waals surface area contributed by atoms with Gasteiger partial charge in [0.25, 0.3) is 0 Å². The van der Waals surface area contributed by atoms with E-state index in [2.05, 4.69) is 77.9 Å². The Labute approximate surface area is 219 Å². The van der Waals surface area contributed by atoms with Gasteiger partial charge in [0.05, 0.1) is 12.2 Å². The van der Waals surface area contributed by atoms with E-state index < -0.39 is 0 Å². The zero-order valence-electron chi connectivity index (χ0n) is 22.0. The third-order valence-corrected chi connectivity index (χ3v) is 6.27. The lowest BCUT2D eigenvalue weighted by atomic mass is 10.0. The molecule has 37 heavy (non-hydrogen) atoms. The number of hydrogen-bond donors (Lipinski definition) is 3. The first-order valence-corrected chi connectivity index (χ1v) is 12.4. The monoisotopic (exact) mass is 490 g/mol. The second-order valence-electron chi connectivity index (χ2n) is 9.04. The molecule has 0 aliphatic carbocycles. The van der Waals surface area contributed by atoms with Gasteiger partial charge in [0, 0.05) is 47.7 Å². The van der Waals surface area contributed by atoms with E-state index in [0.29, 0.717) is 5.95 Å². The molecule has 0 bridgehead atoms. The van der Waals surface area contributed by atoms with Crippen LogP contribution in [0.5, 0.6) is 0 Å². The smallest absolute Gasteiger partial charge is 0.229 e. The lowest BCUT2D eigenvalue weighted by molar-refractivity contribution is 0.585. The quantitative estimate of drug-likeness (QED) is 0.276. The van der Waals surface area contributed by atoms with Gasteiger partial charge >= 0.3 is 0 Å². The summed E-state index contributed by atoms with van der Waals surface area (Å²) in [5.41, 5.74) is 11.4. The van der Waals surface area contributed by atoms with Crippen molar-refractivity contribution in [3.8, 4) is 0 Å². The van der Waals surface area contributed by atoms with Crippen molar-refractivity contribution in [2.45, 2.75) is 33.2 Å². The van der Waals surface area contributed by atoms with Crippen molar-refractivity contribution in [3.05, 3.63) is 126 Å². The number of aromatic nitrogens is 2. The molecule has 1 unspecified atom stereocenters. The predicted octanol–water partition coefficient (Wildman–Crippen LogP) is 6.65. The van der Waals surface area contributed by atoms with Crippen LogP contribution in [0, 0.1) is 13.8 Å². The fourth-order valence-electron chi connectivity index (χ4n) is 4.08. The van der Waals surface area contributed by atoms with Gasteiger partial charge in [-0.15, -0.1) is 0 Å². The van der Waals surface area contributed by atoms with Gasteiger partial charge < -0.3 is 20.9 Å². The first-order valence-electron chi connectivity index (χ1n) is 12.4. The molecule has 188 valence electrons. The summed E-state index contributed by atoms with van der Waals surface area (Å²) in [5.74, 6) is 1.30. The fourth-order valence-corrected chi connectivity index (χ4v) is 4.08. The van der Waals surface area contributed by atoms with Crippen LogP contribution in [-0.4, -0.2) is 17.0 Å². The molecule has 3 N–H and O–H groups in total. The molecule has 2 aromatic carbocycles. The van der Waals surface area contributed by atoms with Crippen molar-refractivity contribution in [2.24, 2.45) is 0 Å². The van der Waals surface area contributed by atoms with E-state index in [0.717, 1.165) is 46.0 Å². The van der Waals surface area contributed by atoms with Crippen LogP contribution < -0.4 is 20.9 Å². The Kier molecular flexibility index (Phi) is 7.92. The maximum absolute atomic E-state index is 4.75. The summed E-state index contributed by atoms with van der Waals surface area (Å²) in [5, 5.41) is 9.91. The predicted molar refractivity (Wildman–Crippen MR) is 154 cm³/mol. The SMILES string of the molecule is C=C(NC(CC)c1cccc(C)c1)C1=C=CN(c2nc(Nc3ccc(C(=C)NC)cc3)ncc2C)C=C1. The van der Waals surface area contributed by atoms with Gasteiger partial charge in [-0.1, -0.05) is 67.8 Å². The van der Waals surface area contributed by atoms with E-state index in [4.69, 9.17) is 4.98 Å². The Bertz CT molecular complexity index is 1390. The molecule has 6 heteroatoms. The van der Waals surface area contributed by atoms with Crippen molar-refractivity contribution in [1.29, 1.82) is 0 Å². The summed E-state index contributed by atoms with van der Waals surface area (Å²) < 4.78 is 0. The summed E-state index contributed by atoms with van der Waals surface area (Å²) in [7, 11) is 1.86. The van der Waals surface area contributed by atoms with Gasteiger partial charge in [-0.05, 0) is 49.6 Å². The summed E-state index contributed by atoms with van der Waals surface area (Å²) in [6.45, 7) is 14.5. The summed E-state index contributed by atoms with van der Waals surface area (Å²) >= 11 is 0. The molecule has 2 heterocycles. The minimum absolute atomic E-state index is 0.191. The van der Waals surface area contributed by atoms with Crippen LogP contribution >= 0.6 is 0 Å². The molecule has 0 saturated heterocycles. The molecule has 1 aliphatic rings. The molecule has 4 rings (SSSR count). The number of aryl methyl sites for hydroxylation is 2. The van der Waals surface area contributed by atoms with Crippen LogP contribution in [0.15, 0.2) is 103 Å². The van der Waals surface area contributed by atoms with Crippen LogP contribution in [-0.2, 0) is 0 Å². The van der Waals surface area contributed by atoms with Crippen molar-refractivity contribution in [3.63, 3.8) is 0 Å². The first-order chi connectivity index (χ1) is 17.9. The minimum Gasteiger partial charge on any atom is -0.388 e. The number of rotatable bonds is 10. The average molecular weight is 491 g/mol. The Balaban J connectivity index is 1.47. The number of hydrogen-bond acceptors (Lipinski definition) is 6. The Morgan fingerprint density at radius 3 is 2.51 bits per heavy atom. The van der Waals surface area contributed by atoms with E-state index in [9.17, 15) is 0 Å². The van der Waals surface area contributed by atoms with Gasteiger partial charge in [-0.2, -0.15) is 4.98 Å². The van der Waals surface area contributed by atoms with E-state index >= 15 is 0 Å². The standard InChI is InChI=1S/C31H34N6/c1-7-29(27-10-8-9-21(2)19-27)34-24(5)26-15-17-37(18-16-26)30-22(3)20-33-31(36-30)35-28-13-11-25(12-14-28)23(4)32-6/h8-15,17-20,29,32,34H,4-5,7H2,1-3,6H3,(H,33,35,36). The number of nitrogens with zero attached hydrogens (tertiary/aromatic N) is 3. The van der Waals surface area contributed by atoms with Crippen molar-refractivity contribution < 1.29 is 0 Å². The molecule has 3 aromatic rings. The van der Waals surface area contributed by atoms with Gasteiger partial charge in [-0.25, -0.2) is 4.98 Å². The lowest BCUT2D eigenvalue weighted by Gasteiger charge is -2.23. The minimum atomic E-state index is 0.191. The van der Waals surface area contributed by atoms with E-state index in [-0.39, 0.29) is 6.04 Å². The molecule has 0 radical (unpaired) electrons. The van der Waals surface area contributed by atoms with Crippen LogP contribution in [0.3, 0.4) is 0 Å². The molecular weight excluding hydrogens is 456 g/mol. The summed E-state index contributed by atoms with van der Waals surface area (Å²) in [6, 6.07) is 16.7. The maximum atomic E-state index is 4.75. The molecule has 0 saturated carbocycles. The average Bonchev–Trinajstić information content (AvgIpc) is 2.92. The fraction of sp³-hybridized carbons (Fsp3) is 0.194. The third-order valence-electron chi connectivity index (χ3n) is 6.27. The van der Waals surface area contributed by atoms with Crippen LogP contribution in [0.25, 0.3) is 5.70 Å². The normalized spacial score (nSPS) is 13.1. The topological polar surface area (TPSA) is 65.1 Å². The molecular formula is C31H34N6. The highest BCUT2D eigenvalue weighted by Gasteiger charge is 2.14. The molecule has 1 aromatic heterocycles. The largest absolute Gasteiger partial charge is 0.388 e. The van der Waals surface area contributed by atoms with Crippen LogP contribution in [0.2, 0.25) is 0 Å². The zero-order chi connectivity index (χ0) is 26.4. The second-order valence-corrected chi connectivity index (χ2v) is 9.04. The maximum Gasteiger partial charge on any atom is 0.229 e. The highest BCUT2D eigenvalue weighted by atomic mass is 15.2. The number of allylic oxidation sites excluding steroid dienone is 1. The summed E-state index contributed by atoms with van der Waals surface area (Å²) in [6.07, 6.45) is 8.63. The third kappa shape index (κ3) is 6.18. The van der Waals surface area contributed by atoms with Gasteiger partial charge in [-0.3, -0.25) is 0 Å². The number of nitrogens with one attached hydrogen (secondary N) is 3. The van der Waals surface area contributed by atoms with E-state index in [1.165, 1.54) is 11.1 Å². The zero-order valence-corrected chi connectivity index (χ0v) is 22.0. The van der Waals surface area contributed by atoms with Crippen LogP contribution in [0.4, 0.5) is 17.5 Å². The Hall–Kier alpha value is -4.54. The van der Waals surface area contributed by atoms with E-state index in [1.807, 2.05) is 67.8 Å². The van der Waals surface area contributed by atoms with Crippen molar-refractivity contribution >= 4 is 23.2 Å². The van der Waals surface area contributed by atoms with E-state index in [1.54, 1.807) is 0 Å². The van der Waals surface area contributed by atoms with Gasteiger partial charge in [0.15, 0.2) is 0 Å². The second kappa shape index (κ2) is 11.5. The Morgan fingerprint density at radius 1 is 1.08 bits per heavy atom. The highest BCUT2D eigenvalue weighted by Crippen LogP contribution is 2.25. The molecule has 0 amide bonds. The number of anilines is 3.